The Kier molecular flexibility index (Phi) is 3.00. The van der Waals surface area contributed by atoms with Gasteiger partial charge in [0.15, 0.2) is 0 Å². The molecule has 18 heavy (non-hydrogen) atoms. The summed E-state index contributed by atoms with van der Waals surface area (Å²) in [7, 11) is 0. The Morgan fingerprint density at radius 2 is 2.00 bits per heavy atom. The molecule has 2 saturated heterocycles. The molecular formula is C10H12F3NO4. The molecule has 1 unspecified atom stereocenters. The fraction of sp³-hybridized carbons (Fsp3) is 0.800. The minimum absolute atomic E-state index is 0.110. The smallest absolute Gasteiger partial charge is 0.471 e. The van der Waals surface area contributed by atoms with Crippen molar-refractivity contribution in [3.63, 3.8) is 0 Å². The predicted octanol–water partition coefficient (Wildman–Crippen LogP) is 0.783. The van der Waals surface area contributed by atoms with Crippen LogP contribution in [-0.2, 0) is 14.3 Å². The summed E-state index contributed by atoms with van der Waals surface area (Å²) in [5, 5.41) is 8.59. The first-order valence-electron chi connectivity index (χ1n) is 5.48. The van der Waals surface area contributed by atoms with Gasteiger partial charge in [0.1, 0.15) is 5.60 Å². The van der Waals surface area contributed by atoms with Crippen molar-refractivity contribution in [3.8, 4) is 0 Å². The number of ether oxygens (including phenoxy) is 1. The fourth-order valence-corrected chi connectivity index (χ4v) is 2.44. The maximum Gasteiger partial charge on any atom is 0.471 e. The van der Waals surface area contributed by atoms with E-state index >= 15 is 0 Å². The van der Waals surface area contributed by atoms with Gasteiger partial charge in [0, 0.05) is 0 Å². The molecule has 1 amide bonds. The molecule has 0 bridgehead atoms. The largest absolute Gasteiger partial charge is 0.481 e. The molecule has 0 aromatic carbocycles. The second-order valence-corrected chi connectivity index (χ2v) is 4.72. The van der Waals surface area contributed by atoms with Crippen molar-refractivity contribution in [2.45, 2.75) is 37.1 Å². The van der Waals surface area contributed by atoms with Gasteiger partial charge in [-0.2, -0.15) is 13.2 Å². The van der Waals surface area contributed by atoms with Crippen molar-refractivity contribution in [1.29, 1.82) is 0 Å². The number of alkyl halides is 3. The van der Waals surface area contributed by atoms with Crippen LogP contribution in [0.25, 0.3) is 0 Å². The number of rotatable bonds is 2. The van der Waals surface area contributed by atoms with E-state index in [2.05, 4.69) is 0 Å². The predicted molar refractivity (Wildman–Crippen MR) is 51.7 cm³/mol. The molecule has 0 radical (unpaired) electrons. The molecular weight excluding hydrogens is 255 g/mol. The van der Waals surface area contributed by atoms with Crippen molar-refractivity contribution in [1.82, 2.24) is 4.90 Å². The fourth-order valence-electron chi connectivity index (χ4n) is 2.44. The molecule has 8 heteroatoms. The number of halogens is 3. The number of aliphatic carboxylic acids is 1. The third kappa shape index (κ3) is 2.43. The molecule has 0 saturated carbocycles. The van der Waals surface area contributed by atoms with Crippen LogP contribution < -0.4 is 0 Å². The van der Waals surface area contributed by atoms with E-state index in [4.69, 9.17) is 9.84 Å². The maximum absolute atomic E-state index is 12.1. The second-order valence-electron chi connectivity index (χ2n) is 4.72. The topological polar surface area (TPSA) is 66.8 Å². The Labute approximate surface area is 100 Å². The summed E-state index contributed by atoms with van der Waals surface area (Å²) in [4.78, 5) is 22.1. The van der Waals surface area contributed by atoms with E-state index in [1.54, 1.807) is 0 Å². The monoisotopic (exact) mass is 267 g/mol. The van der Waals surface area contributed by atoms with E-state index < -0.39 is 29.8 Å². The molecule has 1 spiro atoms. The zero-order valence-corrected chi connectivity index (χ0v) is 9.37. The third-order valence-electron chi connectivity index (χ3n) is 3.23. The van der Waals surface area contributed by atoms with Gasteiger partial charge in [0.2, 0.25) is 0 Å². The molecule has 5 nitrogen and oxygen atoms in total. The molecule has 2 fully saturated rings. The standard InChI is InChI=1S/C10H12F3NO4/c11-10(12,13)8(17)14-4-9(5-14)2-1-6(18-9)3-7(15)16/h6H,1-5H2,(H,15,16). The summed E-state index contributed by atoms with van der Waals surface area (Å²) in [6.45, 7) is -0.219. The first kappa shape index (κ1) is 13.1. The lowest BCUT2D eigenvalue weighted by Crippen LogP contribution is -2.65. The summed E-state index contributed by atoms with van der Waals surface area (Å²) in [6, 6.07) is 0. The summed E-state index contributed by atoms with van der Waals surface area (Å²) in [6.07, 6.45) is -4.49. The zero-order chi connectivity index (χ0) is 13.6. The number of hydrogen-bond donors (Lipinski definition) is 1. The molecule has 1 atom stereocenters. The Morgan fingerprint density at radius 1 is 1.39 bits per heavy atom. The zero-order valence-electron chi connectivity index (χ0n) is 9.37. The van der Waals surface area contributed by atoms with Crippen molar-refractivity contribution < 1.29 is 32.6 Å². The molecule has 1 N–H and O–H groups in total. The van der Waals surface area contributed by atoms with Crippen molar-refractivity contribution in [2.24, 2.45) is 0 Å². The van der Waals surface area contributed by atoms with E-state index in [0.717, 1.165) is 0 Å². The normalized spacial score (nSPS) is 26.2. The van der Waals surface area contributed by atoms with Gasteiger partial charge in [0.25, 0.3) is 0 Å². The highest BCUT2D eigenvalue weighted by molar-refractivity contribution is 5.83. The Hall–Kier alpha value is -1.31. The Balaban J connectivity index is 1.86. The number of carbonyl (C=O) groups is 2. The van der Waals surface area contributed by atoms with Gasteiger partial charge in [0.05, 0.1) is 25.6 Å². The van der Waals surface area contributed by atoms with Crippen LogP contribution in [0.1, 0.15) is 19.3 Å². The molecule has 2 aliphatic heterocycles. The van der Waals surface area contributed by atoms with E-state index in [-0.39, 0.29) is 19.5 Å². The van der Waals surface area contributed by atoms with E-state index in [9.17, 15) is 22.8 Å². The van der Waals surface area contributed by atoms with Crippen LogP contribution in [0.2, 0.25) is 0 Å². The first-order valence-corrected chi connectivity index (χ1v) is 5.48. The second kappa shape index (κ2) is 4.11. The van der Waals surface area contributed by atoms with Crippen molar-refractivity contribution >= 4 is 11.9 Å². The quantitative estimate of drug-likeness (QED) is 0.803. The number of amides is 1. The SMILES string of the molecule is O=C(O)CC1CCC2(CN(C(=O)C(F)(F)F)C2)O1. The highest BCUT2D eigenvalue weighted by Gasteiger charge is 2.55. The summed E-state index contributed by atoms with van der Waals surface area (Å²) in [5.74, 6) is -2.86. The van der Waals surface area contributed by atoms with Crippen LogP contribution >= 0.6 is 0 Å². The van der Waals surface area contributed by atoms with Crippen molar-refractivity contribution in [2.75, 3.05) is 13.1 Å². The Morgan fingerprint density at radius 3 is 2.50 bits per heavy atom. The average molecular weight is 267 g/mol. The minimum Gasteiger partial charge on any atom is -0.481 e. The number of carboxylic acid groups (broad SMARTS) is 1. The minimum atomic E-state index is -4.86. The Bertz CT molecular complexity index is 376. The number of nitrogens with zero attached hydrogens (tertiary/aromatic N) is 1. The van der Waals surface area contributed by atoms with Crippen LogP contribution in [0.15, 0.2) is 0 Å². The van der Waals surface area contributed by atoms with Gasteiger partial charge in [-0.15, -0.1) is 0 Å². The maximum atomic E-state index is 12.1. The van der Waals surface area contributed by atoms with E-state index in [1.165, 1.54) is 0 Å². The molecule has 0 aliphatic carbocycles. The van der Waals surface area contributed by atoms with Gasteiger partial charge in [-0.05, 0) is 12.8 Å². The average Bonchev–Trinajstić information content (AvgIpc) is 2.56. The summed E-state index contributed by atoms with van der Waals surface area (Å²) >= 11 is 0. The van der Waals surface area contributed by atoms with Gasteiger partial charge in [-0.1, -0.05) is 0 Å². The molecule has 2 rings (SSSR count). The van der Waals surface area contributed by atoms with Crippen LogP contribution in [0.3, 0.4) is 0 Å². The van der Waals surface area contributed by atoms with Crippen LogP contribution in [0.4, 0.5) is 13.2 Å². The lowest BCUT2D eigenvalue weighted by molar-refractivity contribution is -0.207. The number of likely N-dealkylation sites (tertiary alicyclic amines) is 1. The lowest BCUT2D eigenvalue weighted by Gasteiger charge is -2.47. The number of carbonyl (C=O) groups excluding carboxylic acids is 1. The number of hydrogen-bond acceptors (Lipinski definition) is 3. The van der Waals surface area contributed by atoms with Gasteiger partial charge in [-0.3, -0.25) is 9.59 Å². The molecule has 0 aromatic heterocycles. The highest BCUT2D eigenvalue weighted by atomic mass is 19.4. The summed E-state index contributed by atoms with van der Waals surface area (Å²) < 4.78 is 41.9. The van der Waals surface area contributed by atoms with E-state index in [1.807, 2.05) is 0 Å². The van der Waals surface area contributed by atoms with Crippen molar-refractivity contribution in [3.05, 3.63) is 0 Å². The molecule has 0 aromatic rings. The highest BCUT2D eigenvalue weighted by Crippen LogP contribution is 2.40. The van der Waals surface area contributed by atoms with Crippen LogP contribution in [-0.4, -0.2) is 52.9 Å². The first-order chi connectivity index (χ1) is 8.22. The van der Waals surface area contributed by atoms with E-state index in [0.29, 0.717) is 17.7 Å². The van der Waals surface area contributed by atoms with Gasteiger partial charge >= 0.3 is 18.1 Å². The lowest BCUT2D eigenvalue weighted by atomic mass is 9.90. The number of carboxylic acids is 1. The van der Waals surface area contributed by atoms with Gasteiger partial charge < -0.3 is 14.7 Å². The molecule has 2 heterocycles. The third-order valence-corrected chi connectivity index (χ3v) is 3.23. The van der Waals surface area contributed by atoms with Crippen LogP contribution in [0.5, 0.6) is 0 Å². The molecule has 2 aliphatic rings. The van der Waals surface area contributed by atoms with Crippen LogP contribution in [0, 0.1) is 0 Å². The molecule has 102 valence electrons. The van der Waals surface area contributed by atoms with Gasteiger partial charge in [-0.25, -0.2) is 0 Å². The summed E-state index contributed by atoms with van der Waals surface area (Å²) in [5.41, 5.74) is -0.763.